The van der Waals surface area contributed by atoms with Gasteiger partial charge in [0.25, 0.3) is 5.91 Å². The Kier molecular flexibility index (Phi) is 3.82. The van der Waals surface area contributed by atoms with Gasteiger partial charge in [-0.1, -0.05) is 17.7 Å². The second kappa shape index (κ2) is 5.53. The topological polar surface area (TPSA) is 67.4 Å². The molecule has 5 nitrogen and oxygen atoms in total. The molecule has 1 aliphatic carbocycles. The average Bonchev–Trinajstić information content (AvgIpc) is 3.19. The van der Waals surface area contributed by atoms with Crippen LogP contribution in [0.5, 0.6) is 5.75 Å². The van der Waals surface area contributed by atoms with E-state index in [1.165, 1.54) is 0 Å². The molecule has 0 unspecified atom stereocenters. The number of hydrogen-bond acceptors (Lipinski definition) is 3. The Morgan fingerprint density at radius 1 is 1.22 bits per heavy atom. The number of carbonyl (C=O) groups is 2. The first-order valence-electron chi connectivity index (χ1n) is 5.93. The molecule has 2 rings (SSSR count). The Hall–Kier alpha value is -2.04. The highest BCUT2D eigenvalue weighted by atomic mass is 16.5. The maximum absolute atomic E-state index is 11.4. The fraction of sp³-hybridized carbons (Fsp3) is 0.385. The molecule has 1 aromatic rings. The minimum absolute atomic E-state index is 0.0725. The number of nitrogens with one attached hydrogen (secondary N) is 2. The molecule has 18 heavy (non-hydrogen) atoms. The van der Waals surface area contributed by atoms with Crippen molar-refractivity contribution in [2.45, 2.75) is 19.8 Å². The van der Waals surface area contributed by atoms with Crippen LogP contribution in [0.15, 0.2) is 24.3 Å². The predicted molar refractivity (Wildman–Crippen MR) is 65.7 cm³/mol. The van der Waals surface area contributed by atoms with Crippen LogP contribution < -0.4 is 15.6 Å². The fourth-order valence-electron chi connectivity index (χ4n) is 1.40. The van der Waals surface area contributed by atoms with Gasteiger partial charge in [-0.15, -0.1) is 0 Å². The van der Waals surface area contributed by atoms with Crippen molar-refractivity contribution < 1.29 is 14.3 Å². The lowest BCUT2D eigenvalue weighted by Gasteiger charge is -2.08. The summed E-state index contributed by atoms with van der Waals surface area (Å²) in [5.74, 6) is 0.204. The zero-order valence-corrected chi connectivity index (χ0v) is 10.2. The van der Waals surface area contributed by atoms with Gasteiger partial charge in [-0.05, 0) is 31.9 Å². The summed E-state index contributed by atoms with van der Waals surface area (Å²) in [5.41, 5.74) is 5.82. The number of ether oxygens (including phenoxy) is 1. The van der Waals surface area contributed by atoms with Crippen molar-refractivity contribution in [3.05, 3.63) is 29.8 Å². The van der Waals surface area contributed by atoms with Crippen LogP contribution in [0.1, 0.15) is 18.4 Å². The van der Waals surface area contributed by atoms with E-state index in [4.69, 9.17) is 4.74 Å². The molecule has 2 amide bonds. The van der Waals surface area contributed by atoms with Crippen LogP contribution in [0.4, 0.5) is 0 Å². The van der Waals surface area contributed by atoms with E-state index in [0.29, 0.717) is 5.75 Å². The Labute approximate surface area is 105 Å². The molecule has 0 aromatic heterocycles. The van der Waals surface area contributed by atoms with Gasteiger partial charge in [0, 0.05) is 5.92 Å². The van der Waals surface area contributed by atoms with Crippen LogP contribution in [0, 0.1) is 12.8 Å². The normalized spacial score (nSPS) is 13.8. The molecule has 0 radical (unpaired) electrons. The van der Waals surface area contributed by atoms with Gasteiger partial charge in [-0.25, -0.2) is 0 Å². The SMILES string of the molecule is Cc1ccc(OCC(=O)NNC(=O)C2CC2)cc1. The highest BCUT2D eigenvalue weighted by Crippen LogP contribution is 2.28. The zero-order chi connectivity index (χ0) is 13.0. The second-order valence-electron chi connectivity index (χ2n) is 4.41. The van der Waals surface area contributed by atoms with Crippen LogP contribution in [0.25, 0.3) is 0 Å². The number of rotatable bonds is 4. The fourth-order valence-corrected chi connectivity index (χ4v) is 1.40. The molecular weight excluding hydrogens is 232 g/mol. The highest BCUT2D eigenvalue weighted by Gasteiger charge is 2.29. The van der Waals surface area contributed by atoms with Crippen molar-refractivity contribution in [3.8, 4) is 5.75 Å². The average molecular weight is 248 g/mol. The summed E-state index contributed by atoms with van der Waals surface area (Å²) >= 11 is 0. The number of aryl methyl sites for hydroxylation is 1. The molecule has 96 valence electrons. The summed E-state index contributed by atoms with van der Waals surface area (Å²) < 4.78 is 5.27. The van der Waals surface area contributed by atoms with Crippen molar-refractivity contribution in [2.75, 3.05) is 6.61 Å². The largest absolute Gasteiger partial charge is 0.484 e. The lowest BCUT2D eigenvalue weighted by atomic mass is 10.2. The first-order valence-corrected chi connectivity index (χ1v) is 5.93. The third-order valence-corrected chi connectivity index (χ3v) is 2.66. The molecule has 1 aliphatic rings. The third-order valence-electron chi connectivity index (χ3n) is 2.66. The van der Waals surface area contributed by atoms with Gasteiger partial charge in [0.1, 0.15) is 5.75 Å². The van der Waals surface area contributed by atoms with E-state index in [2.05, 4.69) is 10.9 Å². The van der Waals surface area contributed by atoms with Gasteiger partial charge >= 0.3 is 0 Å². The zero-order valence-electron chi connectivity index (χ0n) is 10.2. The smallest absolute Gasteiger partial charge is 0.276 e. The van der Waals surface area contributed by atoms with E-state index in [0.717, 1.165) is 18.4 Å². The minimum atomic E-state index is -0.371. The number of benzene rings is 1. The van der Waals surface area contributed by atoms with Gasteiger partial charge in [0.05, 0.1) is 0 Å². The van der Waals surface area contributed by atoms with E-state index in [9.17, 15) is 9.59 Å². The number of hydrazine groups is 1. The van der Waals surface area contributed by atoms with Crippen LogP contribution >= 0.6 is 0 Å². The highest BCUT2D eigenvalue weighted by molar-refractivity contribution is 5.85. The van der Waals surface area contributed by atoms with Gasteiger partial charge < -0.3 is 4.74 Å². The van der Waals surface area contributed by atoms with Crippen molar-refractivity contribution in [1.29, 1.82) is 0 Å². The van der Waals surface area contributed by atoms with Crippen molar-refractivity contribution in [3.63, 3.8) is 0 Å². The molecule has 5 heteroatoms. The quantitative estimate of drug-likeness (QED) is 0.779. The van der Waals surface area contributed by atoms with E-state index >= 15 is 0 Å². The summed E-state index contributed by atoms with van der Waals surface area (Å²) in [5, 5.41) is 0. The van der Waals surface area contributed by atoms with Crippen LogP contribution in [0.3, 0.4) is 0 Å². The molecule has 1 aromatic carbocycles. The van der Waals surface area contributed by atoms with Crippen molar-refractivity contribution in [1.82, 2.24) is 10.9 Å². The molecule has 1 fully saturated rings. The molecule has 0 spiro atoms. The Morgan fingerprint density at radius 3 is 2.50 bits per heavy atom. The van der Waals surface area contributed by atoms with Gasteiger partial charge in [-0.2, -0.15) is 0 Å². The number of amides is 2. The standard InChI is InChI=1S/C13H16N2O3/c1-9-2-6-11(7-3-9)18-8-12(16)14-15-13(17)10-4-5-10/h2-3,6-7,10H,4-5,8H2,1H3,(H,14,16)(H,15,17). The van der Waals surface area contributed by atoms with Crippen molar-refractivity contribution >= 4 is 11.8 Å². The summed E-state index contributed by atoms with van der Waals surface area (Å²) in [6.07, 6.45) is 1.81. The molecule has 0 aliphatic heterocycles. The van der Waals surface area contributed by atoms with Gasteiger partial charge in [0.15, 0.2) is 6.61 Å². The maximum Gasteiger partial charge on any atom is 0.276 e. The van der Waals surface area contributed by atoms with Crippen molar-refractivity contribution in [2.24, 2.45) is 5.92 Å². The monoisotopic (exact) mass is 248 g/mol. The lowest BCUT2D eigenvalue weighted by Crippen LogP contribution is -2.44. The first kappa shape index (κ1) is 12.4. The summed E-state index contributed by atoms with van der Waals surface area (Å²) in [4.78, 5) is 22.6. The van der Waals surface area contributed by atoms with E-state index in [-0.39, 0.29) is 24.3 Å². The van der Waals surface area contributed by atoms with Crippen LogP contribution in [-0.2, 0) is 9.59 Å². The molecule has 0 bridgehead atoms. The molecule has 1 saturated carbocycles. The Balaban J connectivity index is 1.67. The third kappa shape index (κ3) is 3.76. The van der Waals surface area contributed by atoms with Gasteiger partial charge in [-0.3, -0.25) is 20.4 Å². The Bertz CT molecular complexity index is 438. The van der Waals surface area contributed by atoms with Crippen LogP contribution in [0.2, 0.25) is 0 Å². The van der Waals surface area contributed by atoms with Gasteiger partial charge in [0.2, 0.25) is 5.91 Å². The lowest BCUT2D eigenvalue weighted by molar-refractivity contribution is -0.130. The minimum Gasteiger partial charge on any atom is -0.484 e. The first-order chi connectivity index (χ1) is 8.65. The summed E-state index contributed by atoms with van der Waals surface area (Å²) in [6.45, 7) is 1.86. The molecule has 0 saturated heterocycles. The Morgan fingerprint density at radius 2 is 1.89 bits per heavy atom. The summed E-state index contributed by atoms with van der Waals surface area (Å²) in [6, 6.07) is 7.40. The summed E-state index contributed by atoms with van der Waals surface area (Å²) in [7, 11) is 0. The number of carbonyl (C=O) groups excluding carboxylic acids is 2. The number of hydrogen-bond donors (Lipinski definition) is 2. The molecule has 0 heterocycles. The molecule has 2 N–H and O–H groups in total. The molecule has 0 atom stereocenters. The van der Waals surface area contributed by atoms with E-state index in [1.807, 2.05) is 19.1 Å². The molecular formula is C13H16N2O3. The van der Waals surface area contributed by atoms with Crippen LogP contribution in [-0.4, -0.2) is 18.4 Å². The van der Waals surface area contributed by atoms with E-state index in [1.54, 1.807) is 12.1 Å². The second-order valence-corrected chi connectivity index (χ2v) is 4.41. The van der Waals surface area contributed by atoms with E-state index < -0.39 is 0 Å². The predicted octanol–water partition coefficient (Wildman–Crippen LogP) is 0.931. The maximum atomic E-state index is 11.4.